The quantitative estimate of drug-likeness (QED) is 0.724. The highest BCUT2D eigenvalue weighted by atomic mass is 32.2. The minimum atomic E-state index is -0.0319. The van der Waals surface area contributed by atoms with E-state index in [2.05, 4.69) is 16.9 Å². The SMILES string of the molecule is CN1CCC(Sc2nc3scc(-c4ccccc4)c3c(=O)[nH]2)CC1. The first-order valence-electron chi connectivity index (χ1n) is 8.13. The van der Waals surface area contributed by atoms with Crippen LogP contribution >= 0.6 is 23.1 Å². The number of aromatic nitrogens is 2. The van der Waals surface area contributed by atoms with Crippen LogP contribution in [0.3, 0.4) is 0 Å². The van der Waals surface area contributed by atoms with Crippen molar-refractivity contribution in [2.45, 2.75) is 23.2 Å². The molecule has 4 nitrogen and oxygen atoms in total. The van der Waals surface area contributed by atoms with Crippen molar-refractivity contribution in [3.8, 4) is 11.1 Å². The summed E-state index contributed by atoms with van der Waals surface area (Å²) in [6.45, 7) is 2.22. The van der Waals surface area contributed by atoms with Crippen LogP contribution in [0.2, 0.25) is 0 Å². The fourth-order valence-corrected chi connectivity index (χ4v) is 5.14. The standard InChI is InChI=1S/C18H19N3OS2/c1-21-9-7-13(8-10-21)24-18-19-16(22)15-14(11-23-17(15)20-18)12-5-3-2-4-6-12/h2-6,11,13H,7-10H2,1H3,(H,19,20,22). The Morgan fingerprint density at radius 2 is 2.00 bits per heavy atom. The molecular weight excluding hydrogens is 338 g/mol. The maximum absolute atomic E-state index is 12.6. The Bertz CT molecular complexity index is 896. The van der Waals surface area contributed by atoms with E-state index in [0.717, 1.165) is 47.0 Å². The molecule has 3 heterocycles. The number of aromatic amines is 1. The van der Waals surface area contributed by atoms with Crippen molar-refractivity contribution < 1.29 is 0 Å². The third-order valence-corrected chi connectivity index (χ3v) is 6.54. The summed E-state index contributed by atoms with van der Waals surface area (Å²) in [5.41, 5.74) is 2.00. The first kappa shape index (κ1) is 15.9. The van der Waals surface area contributed by atoms with Crippen molar-refractivity contribution in [3.63, 3.8) is 0 Å². The summed E-state index contributed by atoms with van der Waals surface area (Å²) in [5.74, 6) is 0. The van der Waals surface area contributed by atoms with Crippen molar-refractivity contribution in [1.29, 1.82) is 0 Å². The van der Waals surface area contributed by atoms with Gasteiger partial charge in [-0.3, -0.25) is 4.79 Å². The van der Waals surface area contributed by atoms with Crippen LogP contribution in [0.15, 0.2) is 45.7 Å². The molecule has 2 aromatic heterocycles. The molecule has 1 N–H and O–H groups in total. The summed E-state index contributed by atoms with van der Waals surface area (Å²) in [6, 6.07) is 10.0. The van der Waals surface area contributed by atoms with E-state index >= 15 is 0 Å². The van der Waals surface area contributed by atoms with E-state index in [1.54, 1.807) is 23.1 Å². The van der Waals surface area contributed by atoms with Gasteiger partial charge in [0.05, 0.1) is 5.39 Å². The Labute approximate surface area is 148 Å². The third kappa shape index (κ3) is 3.14. The second-order valence-corrected chi connectivity index (χ2v) is 8.33. The first-order chi connectivity index (χ1) is 11.7. The van der Waals surface area contributed by atoms with E-state index in [-0.39, 0.29) is 5.56 Å². The average Bonchev–Trinajstić information content (AvgIpc) is 3.02. The van der Waals surface area contributed by atoms with Gasteiger partial charge in [0, 0.05) is 16.2 Å². The molecule has 1 fully saturated rings. The van der Waals surface area contributed by atoms with Crippen molar-refractivity contribution in [3.05, 3.63) is 46.1 Å². The molecule has 124 valence electrons. The molecule has 0 amide bonds. The Morgan fingerprint density at radius 1 is 1.25 bits per heavy atom. The maximum Gasteiger partial charge on any atom is 0.260 e. The van der Waals surface area contributed by atoms with Gasteiger partial charge in [-0.2, -0.15) is 0 Å². The Balaban J connectivity index is 1.65. The summed E-state index contributed by atoms with van der Waals surface area (Å²) in [7, 11) is 2.16. The van der Waals surface area contributed by atoms with Crippen LogP contribution in [-0.2, 0) is 0 Å². The molecule has 3 aromatic rings. The van der Waals surface area contributed by atoms with Crippen LogP contribution in [0.5, 0.6) is 0 Å². The number of hydrogen-bond donors (Lipinski definition) is 1. The number of nitrogens with one attached hydrogen (secondary N) is 1. The second-order valence-electron chi connectivity index (χ2n) is 6.19. The van der Waals surface area contributed by atoms with Crippen LogP contribution in [0.4, 0.5) is 0 Å². The topological polar surface area (TPSA) is 49.0 Å². The van der Waals surface area contributed by atoms with Crippen molar-refractivity contribution >= 4 is 33.3 Å². The lowest BCUT2D eigenvalue weighted by atomic mass is 10.1. The molecule has 1 aliphatic heterocycles. The number of rotatable bonds is 3. The first-order valence-corrected chi connectivity index (χ1v) is 9.89. The predicted molar refractivity (Wildman–Crippen MR) is 102 cm³/mol. The van der Waals surface area contributed by atoms with Gasteiger partial charge < -0.3 is 9.88 Å². The van der Waals surface area contributed by atoms with Gasteiger partial charge in [0.2, 0.25) is 0 Å². The average molecular weight is 358 g/mol. The molecule has 0 spiro atoms. The summed E-state index contributed by atoms with van der Waals surface area (Å²) in [6.07, 6.45) is 2.28. The summed E-state index contributed by atoms with van der Waals surface area (Å²) < 4.78 is 0. The largest absolute Gasteiger partial charge is 0.306 e. The minimum absolute atomic E-state index is 0.0319. The molecule has 0 aliphatic carbocycles. The lowest BCUT2D eigenvalue weighted by molar-refractivity contribution is 0.282. The number of H-pyrrole nitrogens is 1. The molecule has 1 aliphatic rings. The highest BCUT2D eigenvalue weighted by Gasteiger charge is 2.20. The summed E-state index contributed by atoms with van der Waals surface area (Å²) >= 11 is 3.26. The zero-order chi connectivity index (χ0) is 16.5. The molecule has 24 heavy (non-hydrogen) atoms. The van der Waals surface area contributed by atoms with E-state index in [4.69, 9.17) is 4.98 Å². The van der Waals surface area contributed by atoms with Crippen LogP contribution in [0, 0.1) is 0 Å². The molecule has 1 saturated heterocycles. The minimum Gasteiger partial charge on any atom is -0.306 e. The number of fused-ring (bicyclic) bond motifs is 1. The predicted octanol–water partition coefficient (Wildman–Crippen LogP) is 3.84. The lowest BCUT2D eigenvalue weighted by Gasteiger charge is -2.27. The van der Waals surface area contributed by atoms with Gasteiger partial charge in [0.25, 0.3) is 5.56 Å². The van der Waals surface area contributed by atoms with E-state index in [1.165, 1.54) is 0 Å². The Morgan fingerprint density at radius 3 is 2.75 bits per heavy atom. The van der Waals surface area contributed by atoms with Gasteiger partial charge in [0.1, 0.15) is 4.83 Å². The van der Waals surface area contributed by atoms with Gasteiger partial charge in [-0.15, -0.1) is 11.3 Å². The van der Waals surface area contributed by atoms with Gasteiger partial charge in [-0.05, 0) is 38.5 Å². The molecule has 0 atom stereocenters. The number of hydrogen-bond acceptors (Lipinski definition) is 5. The Kier molecular flexibility index (Phi) is 4.43. The number of likely N-dealkylation sites (tertiary alicyclic amines) is 1. The van der Waals surface area contributed by atoms with Crippen LogP contribution < -0.4 is 5.56 Å². The molecule has 4 rings (SSSR count). The van der Waals surface area contributed by atoms with Crippen molar-refractivity contribution in [2.75, 3.05) is 20.1 Å². The molecule has 0 saturated carbocycles. The molecule has 0 bridgehead atoms. The van der Waals surface area contributed by atoms with Gasteiger partial charge in [-0.25, -0.2) is 4.98 Å². The lowest BCUT2D eigenvalue weighted by Crippen LogP contribution is -2.31. The van der Waals surface area contributed by atoms with Gasteiger partial charge >= 0.3 is 0 Å². The van der Waals surface area contributed by atoms with Crippen molar-refractivity contribution in [2.24, 2.45) is 0 Å². The highest BCUT2D eigenvalue weighted by Crippen LogP contribution is 2.33. The van der Waals surface area contributed by atoms with E-state index in [9.17, 15) is 4.79 Å². The van der Waals surface area contributed by atoms with Crippen LogP contribution in [0.1, 0.15) is 12.8 Å². The number of nitrogens with zero attached hydrogens (tertiary/aromatic N) is 2. The van der Waals surface area contributed by atoms with Crippen molar-refractivity contribution in [1.82, 2.24) is 14.9 Å². The normalized spacial score (nSPS) is 16.7. The van der Waals surface area contributed by atoms with E-state index < -0.39 is 0 Å². The molecular formula is C18H19N3OS2. The smallest absolute Gasteiger partial charge is 0.260 e. The monoisotopic (exact) mass is 357 g/mol. The molecule has 1 aromatic carbocycles. The zero-order valence-electron chi connectivity index (χ0n) is 13.5. The number of thioether (sulfide) groups is 1. The number of thiophene rings is 1. The van der Waals surface area contributed by atoms with Gasteiger partial charge in [-0.1, -0.05) is 42.1 Å². The zero-order valence-corrected chi connectivity index (χ0v) is 15.1. The second kappa shape index (κ2) is 6.70. The van der Waals surface area contributed by atoms with Gasteiger partial charge in [0.15, 0.2) is 5.16 Å². The van der Waals surface area contributed by atoms with E-state index in [1.807, 2.05) is 35.7 Å². The number of piperidine rings is 1. The van der Waals surface area contributed by atoms with Crippen LogP contribution in [-0.4, -0.2) is 40.3 Å². The molecule has 0 radical (unpaired) electrons. The maximum atomic E-state index is 12.6. The highest BCUT2D eigenvalue weighted by molar-refractivity contribution is 7.99. The molecule has 6 heteroatoms. The number of benzene rings is 1. The van der Waals surface area contributed by atoms with E-state index in [0.29, 0.717) is 10.6 Å². The third-order valence-electron chi connectivity index (χ3n) is 4.45. The molecule has 0 unspecified atom stereocenters. The Hall–Kier alpha value is -1.63. The summed E-state index contributed by atoms with van der Waals surface area (Å²) in [5, 5.41) is 4.03. The summed E-state index contributed by atoms with van der Waals surface area (Å²) in [4.78, 5) is 23.5. The van der Waals surface area contributed by atoms with Crippen LogP contribution in [0.25, 0.3) is 21.3 Å². The fraction of sp³-hybridized carbons (Fsp3) is 0.333. The fourth-order valence-electron chi connectivity index (χ4n) is 3.08.